The van der Waals surface area contributed by atoms with E-state index in [9.17, 15) is 31.1 Å². The van der Waals surface area contributed by atoms with Gasteiger partial charge in [0.15, 0.2) is 5.69 Å². The molecule has 36 heavy (non-hydrogen) atoms. The highest BCUT2D eigenvalue weighted by Crippen LogP contribution is 2.34. The van der Waals surface area contributed by atoms with Crippen molar-refractivity contribution in [2.75, 3.05) is 0 Å². The van der Waals surface area contributed by atoms with Gasteiger partial charge in [-0.15, -0.1) is 0 Å². The molecule has 0 bridgehead atoms. The lowest BCUT2D eigenvalue weighted by Crippen LogP contribution is -2.23. The first kappa shape index (κ1) is 25.3. The van der Waals surface area contributed by atoms with Gasteiger partial charge in [-0.3, -0.25) is 4.79 Å². The fraction of sp³-hybridized carbons (Fsp3) is 0.120. The molecule has 0 fully saturated rings. The van der Waals surface area contributed by atoms with Crippen LogP contribution in [-0.4, -0.2) is 15.7 Å². The van der Waals surface area contributed by atoms with Gasteiger partial charge in [0.1, 0.15) is 0 Å². The van der Waals surface area contributed by atoms with Gasteiger partial charge in [-0.25, -0.2) is 4.68 Å². The third-order valence-electron chi connectivity index (χ3n) is 5.23. The number of benzene rings is 3. The number of amides is 1. The average Bonchev–Trinajstić information content (AvgIpc) is 3.28. The van der Waals surface area contributed by atoms with Crippen LogP contribution in [0.2, 0.25) is 5.02 Å². The van der Waals surface area contributed by atoms with Crippen LogP contribution in [0.15, 0.2) is 78.9 Å². The van der Waals surface area contributed by atoms with Gasteiger partial charge in [0.2, 0.25) is 0 Å². The lowest BCUT2D eigenvalue weighted by Gasteiger charge is -2.11. The highest BCUT2D eigenvalue weighted by molar-refractivity contribution is 6.32. The third kappa shape index (κ3) is 5.54. The second-order valence-corrected chi connectivity index (χ2v) is 8.14. The number of alkyl halides is 6. The fourth-order valence-electron chi connectivity index (χ4n) is 3.47. The lowest BCUT2D eigenvalue weighted by atomic mass is 10.1. The van der Waals surface area contributed by atoms with Gasteiger partial charge in [-0.05, 0) is 48.0 Å². The molecular formula is C25H16ClF6N3O. The van der Waals surface area contributed by atoms with Crippen molar-refractivity contribution < 1.29 is 31.1 Å². The summed E-state index contributed by atoms with van der Waals surface area (Å²) < 4.78 is 79.8. The van der Waals surface area contributed by atoms with Crippen LogP contribution < -0.4 is 5.32 Å². The Hall–Kier alpha value is -3.79. The van der Waals surface area contributed by atoms with Crippen molar-refractivity contribution in [1.29, 1.82) is 0 Å². The summed E-state index contributed by atoms with van der Waals surface area (Å²) in [7, 11) is 0. The Labute approximate surface area is 206 Å². The maximum Gasteiger partial charge on any atom is 0.435 e. The number of hydrogen-bond donors (Lipinski definition) is 1. The van der Waals surface area contributed by atoms with E-state index in [2.05, 4.69) is 10.4 Å². The number of carbonyl (C=O) groups is 1. The first-order valence-corrected chi connectivity index (χ1v) is 10.8. The van der Waals surface area contributed by atoms with E-state index in [1.165, 1.54) is 48.5 Å². The monoisotopic (exact) mass is 523 g/mol. The van der Waals surface area contributed by atoms with Gasteiger partial charge in [-0.2, -0.15) is 31.4 Å². The van der Waals surface area contributed by atoms with Crippen LogP contribution >= 0.6 is 11.6 Å². The van der Waals surface area contributed by atoms with Crippen molar-refractivity contribution in [1.82, 2.24) is 15.1 Å². The van der Waals surface area contributed by atoms with E-state index in [0.29, 0.717) is 5.56 Å². The minimum Gasteiger partial charge on any atom is -0.348 e. The molecule has 0 saturated heterocycles. The largest absolute Gasteiger partial charge is 0.435 e. The van der Waals surface area contributed by atoms with Crippen LogP contribution in [0.4, 0.5) is 26.3 Å². The van der Waals surface area contributed by atoms with E-state index in [1.54, 1.807) is 12.1 Å². The molecule has 0 aliphatic carbocycles. The SMILES string of the molecule is O=C(NCc1cccc(C(F)(F)F)c1)c1ccc(-c2cc(C(F)(F)F)nn2-c2ccccc2Cl)cc1. The standard InChI is InChI=1S/C25H16ClF6N3O/c26-19-6-1-2-7-20(19)35-21(13-22(34-35)25(30,31)32)16-8-10-17(11-9-16)23(36)33-14-15-4-3-5-18(12-15)24(27,28)29/h1-13H,14H2,(H,33,36). The van der Waals surface area contributed by atoms with Crippen molar-refractivity contribution >= 4 is 17.5 Å². The molecule has 1 N–H and O–H groups in total. The zero-order valence-corrected chi connectivity index (χ0v) is 18.9. The van der Waals surface area contributed by atoms with Crippen molar-refractivity contribution in [3.05, 3.63) is 106 Å². The van der Waals surface area contributed by atoms with Crippen LogP contribution in [0.1, 0.15) is 27.2 Å². The van der Waals surface area contributed by atoms with Crippen molar-refractivity contribution in [2.45, 2.75) is 18.9 Å². The second kappa shape index (κ2) is 9.69. The highest BCUT2D eigenvalue weighted by Gasteiger charge is 2.35. The molecule has 0 atom stereocenters. The normalized spacial score (nSPS) is 12.0. The predicted octanol–water partition coefficient (Wildman–Crippen LogP) is 7.16. The molecule has 1 heterocycles. The summed E-state index contributed by atoms with van der Waals surface area (Å²) in [6.45, 7) is -0.140. The van der Waals surface area contributed by atoms with Crippen LogP contribution in [0.3, 0.4) is 0 Å². The van der Waals surface area contributed by atoms with Crippen LogP contribution in [-0.2, 0) is 18.9 Å². The summed E-state index contributed by atoms with van der Waals surface area (Å²) in [6.07, 6.45) is -9.19. The Balaban J connectivity index is 1.57. The Bertz CT molecular complexity index is 1390. The van der Waals surface area contributed by atoms with Crippen molar-refractivity contribution in [3.63, 3.8) is 0 Å². The molecule has 0 aliphatic heterocycles. The summed E-state index contributed by atoms with van der Waals surface area (Å²) in [4.78, 5) is 12.5. The molecule has 4 nitrogen and oxygen atoms in total. The van der Waals surface area contributed by atoms with Crippen LogP contribution in [0, 0.1) is 0 Å². The van der Waals surface area contributed by atoms with Crippen molar-refractivity contribution in [2.24, 2.45) is 0 Å². The number of aromatic nitrogens is 2. The van der Waals surface area contributed by atoms with Crippen LogP contribution in [0.5, 0.6) is 0 Å². The zero-order chi connectivity index (χ0) is 26.1. The molecule has 1 aromatic heterocycles. The molecule has 4 rings (SSSR count). The molecule has 0 spiro atoms. The first-order valence-electron chi connectivity index (χ1n) is 10.4. The molecule has 4 aromatic rings. The van der Waals surface area contributed by atoms with E-state index in [-0.39, 0.29) is 34.1 Å². The first-order chi connectivity index (χ1) is 16.9. The van der Waals surface area contributed by atoms with Gasteiger partial charge in [0.25, 0.3) is 5.91 Å². The Morgan fingerprint density at radius 2 is 1.56 bits per heavy atom. The molecule has 3 aromatic carbocycles. The van der Waals surface area contributed by atoms with Crippen LogP contribution in [0.25, 0.3) is 16.9 Å². The minimum atomic E-state index is -4.69. The predicted molar refractivity (Wildman–Crippen MR) is 122 cm³/mol. The summed E-state index contributed by atoms with van der Waals surface area (Å²) in [5.41, 5.74) is -0.817. The number of hydrogen-bond acceptors (Lipinski definition) is 2. The van der Waals surface area contributed by atoms with E-state index in [0.717, 1.165) is 22.9 Å². The Morgan fingerprint density at radius 3 is 2.19 bits per heavy atom. The average molecular weight is 524 g/mol. The number of rotatable bonds is 5. The molecule has 1 amide bonds. The smallest absolute Gasteiger partial charge is 0.348 e. The van der Waals surface area contributed by atoms with Gasteiger partial charge < -0.3 is 5.32 Å². The fourth-order valence-corrected chi connectivity index (χ4v) is 3.68. The lowest BCUT2D eigenvalue weighted by molar-refractivity contribution is -0.141. The maximum atomic E-state index is 13.4. The van der Waals surface area contributed by atoms with E-state index in [1.807, 2.05) is 0 Å². The Kier molecular flexibility index (Phi) is 6.81. The van der Waals surface area contributed by atoms with E-state index < -0.39 is 29.5 Å². The number of carbonyl (C=O) groups excluding carboxylic acids is 1. The molecular weight excluding hydrogens is 508 g/mol. The van der Waals surface area contributed by atoms with E-state index in [4.69, 9.17) is 11.6 Å². The molecule has 11 heteroatoms. The maximum absolute atomic E-state index is 13.4. The van der Waals surface area contributed by atoms with Gasteiger partial charge in [0.05, 0.1) is 22.0 Å². The number of nitrogens with zero attached hydrogens (tertiary/aromatic N) is 2. The molecule has 0 radical (unpaired) electrons. The molecule has 186 valence electrons. The zero-order valence-electron chi connectivity index (χ0n) is 18.2. The Morgan fingerprint density at radius 1 is 0.861 bits per heavy atom. The quantitative estimate of drug-likeness (QED) is 0.282. The molecule has 0 saturated carbocycles. The van der Waals surface area contributed by atoms with E-state index >= 15 is 0 Å². The second-order valence-electron chi connectivity index (χ2n) is 7.73. The topological polar surface area (TPSA) is 46.9 Å². The summed E-state index contributed by atoms with van der Waals surface area (Å²) in [5, 5.41) is 6.41. The third-order valence-corrected chi connectivity index (χ3v) is 5.55. The number of halogens is 7. The summed E-state index contributed by atoms with van der Waals surface area (Å²) in [5.74, 6) is -0.561. The summed E-state index contributed by atoms with van der Waals surface area (Å²) >= 11 is 6.17. The van der Waals surface area contributed by atoms with Gasteiger partial charge in [-0.1, -0.05) is 48.0 Å². The number of nitrogens with one attached hydrogen (secondary N) is 1. The number of para-hydroxylation sites is 1. The molecule has 0 aliphatic rings. The minimum absolute atomic E-state index is 0.103. The molecule has 0 unspecified atom stereocenters. The van der Waals surface area contributed by atoms with Crippen molar-refractivity contribution in [3.8, 4) is 16.9 Å². The van der Waals surface area contributed by atoms with Gasteiger partial charge in [0, 0.05) is 17.7 Å². The highest BCUT2D eigenvalue weighted by atomic mass is 35.5. The van der Waals surface area contributed by atoms with Gasteiger partial charge >= 0.3 is 12.4 Å². The summed E-state index contributed by atoms with van der Waals surface area (Å²) in [6, 6.07) is 17.4.